The Hall–Kier alpha value is -3.55. The fraction of sp³-hybridized carbons (Fsp3) is 0.105. The van der Waals surface area contributed by atoms with Crippen LogP contribution in [-0.4, -0.2) is 20.7 Å². The molecule has 0 bridgehead atoms. The number of hydrogen-bond donors (Lipinski definition) is 2. The van der Waals surface area contributed by atoms with E-state index in [2.05, 4.69) is 15.5 Å². The number of pyridine rings is 1. The molecule has 6 nitrogen and oxygen atoms in total. The highest BCUT2D eigenvalue weighted by Gasteiger charge is 2.14. The van der Waals surface area contributed by atoms with E-state index in [0.717, 1.165) is 0 Å². The van der Waals surface area contributed by atoms with Gasteiger partial charge in [-0.15, -0.1) is 0 Å². The van der Waals surface area contributed by atoms with Gasteiger partial charge >= 0.3 is 0 Å². The average Bonchev–Trinajstić information content (AvgIpc) is 3.11. The summed E-state index contributed by atoms with van der Waals surface area (Å²) in [5.74, 6) is -1.33. The van der Waals surface area contributed by atoms with E-state index in [1.54, 1.807) is 12.1 Å². The monoisotopic (exact) mass is 368 g/mol. The first-order valence-electron chi connectivity index (χ1n) is 8.23. The third-order valence-electron chi connectivity index (χ3n) is 4.31. The Morgan fingerprint density at radius 2 is 1.93 bits per heavy atom. The lowest BCUT2D eigenvalue weighted by atomic mass is 10.1. The number of aromatic nitrogens is 3. The van der Waals surface area contributed by atoms with Gasteiger partial charge in [0.15, 0.2) is 0 Å². The van der Waals surface area contributed by atoms with Crippen molar-refractivity contribution in [3.63, 3.8) is 0 Å². The van der Waals surface area contributed by atoms with Gasteiger partial charge in [0.1, 0.15) is 11.6 Å². The van der Waals surface area contributed by atoms with E-state index in [0.29, 0.717) is 27.5 Å². The summed E-state index contributed by atoms with van der Waals surface area (Å²) in [6.07, 6.45) is 1.37. The number of amides is 1. The first-order chi connectivity index (χ1) is 13.0. The highest BCUT2D eigenvalue weighted by atomic mass is 19.1. The molecule has 0 atom stereocenters. The molecule has 0 saturated heterocycles. The molecule has 4 rings (SSSR count). The van der Waals surface area contributed by atoms with E-state index >= 15 is 0 Å². The fourth-order valence-electron chi connectivity index (χ4n) is 3.07. The Morgan fingerprint density at radius 3 is 2.74 bits per heavy atom. The largest absolute Gasteiger partial charge is 0.326 e. The van der Waals surface area contributed by atoms with Crippen molar-refractivity contribution < 1.29 is 13.6 Å². The molecule has 0 fully saturated rings. The zero-order valence-electron chi connectivity index (χ0n) is 14.0. The third-order valence-corrected chi connectivity index (χ3v) is 4.31. The second kappa shape index (κ2) is 6.64. The summed E-state index contributed by atoms with van der Waals surface area (Å²) in [7, 11) is 0. The van der Waals surface area contributed by atoms with Gasteiger partial charge in [-0.25, -0.2) is 8.78 Å². The summed E-state index contributed by atoms with van der Waals surface area (Å²) in [4.78, 5) is 24.9. The van der Waals surface area contributed by atoms with Crippen LogP contribution in [0.5, 0.6) is 0 Å². The number of fused-ring (bicyclic) bond motifs is 3. The molecule has 2 heterocycles. The molecule has 0 radical (unpaired) electrons. The molecule has 1 amide bonds. The minimum atomic E-state index is -0.487. The molecule has 0 unspecified atom stereocenters. The minimum absolute atomic E-state index is 0.0363. The number of halogens is 2. The van der Waals surface area contributed by atoms with Gasteiger partial charge in [-0.05, 0) is 36.4 Å². The Kier molecular flexibility index (Phi) is 4.15. The molecular formula is C19H14F2N4O2. The van der Waals surface area contributed by atoms with Gasteiger partial charge in [0.05, 0.1) is 22.6 Å². The molecule has 0 aliphatic rings. The standard InChI is InChI=1S/C19H14F2N4O2/c20-11-2-1-3-13(8-11)23-17(26)6-7-25-16-9-12(21)4-5-14(16)18-15(19(25)27)10-22-24-18/h1-5,8-10H,6-7H2,(H,22,24)(H,23,26). The maximum Gasteiger partial charge on any atom is 0.262 e. The van der Waals surface area contributed by atoms with Crippen LogP contribution in [0.25, 0.3) is 21.8 Å². The van der Waals surface area contributed by atoms with Crippen molar-refractivity contribution in [2.45, 2.75) is 13.0 Å². The summed E-state index contributed by atoms with van der Waals surface area (Å²) in [6, 6.07) is 9.64. The molecular weight excluding hydrogens is 354 g/mol. The zero-order chi connectivity index (χ0) is 19.0. The van der Waals surface area contributed by atoms with Crippen molar-refractivity contribution >= 4 is 33.4 Å². The number of nitrogens with zero attached hydrogens (tertiary/aromatic N) is 2. The Labute approximate surface area is 151 Å². The van der Waals surface area contributed by atoms with Crippen LogP contribution >= 0.6 is 0 Å². The summed E-state index contributed by atoms with van der Waals surface area (Å²) >= 11 is 0. The first kappa shape index (κ1) is 16.9. The lowest BCUT2D eigenvalue weighted by Gasteiger charge is -2.11. The van der Waals surface area contributed by atoms with Crippen molar-refractivity contribution in [2.24, 2.45) is 0 Å². The van der Waals surface area contributed by atoms with Crippen LogP contribution in [0.4, 0.5) is 14.5 Å². The number of rotatable bonds is 4. The number of aryl methyl sites for hydroxylation is 1. The zero-order valence-corrected chi connectivity index (χ0v) is 14.0. The second-order valence-corrected chi connectivity index (χ2v) is 6.09. The highest BCUT2D eigenvalue weighted by Crippen LogP contribution is 2.22. The lowest BCUT2D eigenvalue weighted by molar-refractivity contribution is -0.116. The minimum Gasteiger partial charge on any atom is -0.326 e. The SMILES string of the molecule is O=C(CCn1c(=O)c2cn[nH]c2c2ccc(F)cc21)Nc1cccc(F)c1. The van der Waals surface area contributed by atoms with E-state index in [1.165, 1.54) is 41.1 Å². The number of anilines is 1. The van der Waals surface area contributed by atoms with Gasteiger partial charge in [0.2, 0.25) is 5.91 Å². The van der Waals surface area contributed by atoms with Crippen LogP contribution in [0, 0.1) is 11.6 Å². The number of nitrogens with one attached hydrogen (secondary N) is 2. The molecule has 8 heteroatoms. The predicted octanol–water partition coefficient (Wildman–Crippen LogP) is 3.18. The predicted molar refractivity (Wildman–Crippen MR) is 97.5 cm³/mol. The van der Waals surface area contributed by atoms with E-state index in [-0.39, 0.29) is 24.4 Å². The second-order valence-electron chi connectivity index (χ2n) is 6.09. The first-order valence-corrected chi connectivity index (χ1v) is 8.23. The van der Waals surface area contributed by atoms with Crippen molar-refractivity contribution in [1.82, 2.24) is 14.8 Å². The number of aromatic amines is 1. The van der Waals surface area contributed by atoms with Gasteiger partial charge < -0.3 is 9.88 Å². The Bertz CT molecular complexity index is 1230. The highest BCUT2D eigenvalue weighted by molar-refractivity contribution is 6.03. The van der Waals surface area contributed by atoms with E-state index in [4.69, 9.17) is 0 Å². The Morgan fingerprint density at radius 1 is 1.11 bits per heavy atom. The number of carbonyl (C=O) groups is 1. The van der Waals surface area contributed by atoms with Crippen LogP contribution in [0.1, 0.15) is 6.42 Å². The van der Waals surface area contributed by atoms with Crippen LogP contribution in [0.15, 0.2) is 53.5 Å². The summed E-state index contributed by atoms with van der Waals surface area (Å²) < 4.78 is 28.3. The molecule has 27 heavy (non-hydrogen) atoms. The smallest absolute Gasteiger partial charge is 0.262 e. The van der Waals surface area contributed by atoms with Gasteiger partial charge in [-0.3, -0.25) is 14.7 Å². The summed E-state index contributed by atoms with van der Waals surface area (Å²) in [5.41, 5.74) is 0.856. The number of H-pyrrole nitrogens is 1. The molecule has 2 aromatic carbocycles. The van der Waals surface area contributed by atoms with E-state index in [1.807, 2.05) is 0 Å². The molecule has 2 aromatic heterocycles. The van der Waals surface area contributed by atoms with Crippen LogP contribution in [0.3, 0.4) is 0 Å². The van der Waals surface area contributed by atoms with E-state index in [9.17, 15) is 18.4 Å². The molecule has 0 aliphatic carbocycles. The number of carbonyl (C=O) groups excluding carboxylic acids is 1. The molecule has 2 N–H and O–H groups in total. The summed E-state index contributed by atoms with van der Waals surface area (Å²) in [6.45, 7) is 0.0427. The van der Waals surface area contributed by atoms with Gasteiger partial charge in [0, 0.05) is 24.0 Å². The molecule has 0 aliphatic heterocycles. The van der Waals surface area contributed by atoms with Crippen molar-refractivity contribution in [1.29, 1.82) is 0 Å². The Balaban J connectivity index is 1.66. The van der Waals surface area contributed by atoms with Crippen LogP contribution < -0.4 is 10.9 Å². The van der Waals surface area contributed by atoms with Crippen molar-refractivity contribution in [2.75, 3.05) is 5.32 Å². The topological polar surface area (TPSA) is 79.8 Å². The summed E-state index contributed by atoms with van der Waals surface area (Å²) in [5, 5.41) is 10.2. The maximum atomic E-state index is 13.7. The third kappa shape index (κ3) is 3.17. The van der Waals surface area contributed by atoms with Gasteiger partial charge in [-0.2, -0.15) is 5.10 Å². The lowest BCUT2D eigenvalue weighted by Crippen LogP contribution is -2.24. The molecule has 4 aromatic rings. The van der Waals surface area contributed by atoms with Crippen molar-refractivity contribution in [3.8, 4) is 0 Å². The number of benzene rings is 2. The molecule has 0 saturated carbocycles. The number of hydrogen-bond acceptors (Lipinski definition) is 3. The quantitative estimate of drug-likeness (QED) is 0.581. The maximum absolute atomic E-state index is 13.7. The van der Waals surface area contributed by atoms with Gasteiger partial charge in [0.25, 0.3) is 5.56 Å². The van der Waals surface area contributed by atoms with Crippen molar-refractivity contribution in [3.05, 3.63) is 70.6 Å². The van der Waals surface area contributed by atoms with Gasteiger partial charge in [-0.1, -0.05) is 6.07 Å². The normalized spacial score (nSPS) is 11.2. The fourth-order valence-corrected chi connectivity index (χ4v) is 3.07. The molecule has 136 valence electrons. The van der Waals surface area contributed by atoms with Crippen LogP contribution in [-0.2, 0) is 11.3 Å². The molecule has 0 spiro atoms. The van der Waals surface area contributed by atoms with E-state index < -0.39 is 11.6 Å². The average molecular weight is 368 g/mol. The van der Waals surface area contributed by atoms with Crippen LogP contribution in [0.2, 0.25) is 0 Å².